The summed E-state index contributed by atoms with van der Waals surface area (Å²) >= 11 is 0. The van der Waals surface area contributed by atoms with Crippen molar-refractivity contribution in [3.63, 3.8) is 0 Å². The number of para-hydroxylation sites is 1. The summed E-state index contributed by atoms with van der Waals surface area (Å²) in [4.78, 5) is 9.15. The van der Waals surface area contributed by atoms with Crippen LogP contribution < -0.4 is 0 Å². The van der Waals surface area contributed by atoms with Crippen molar-refractivity contribution in [2.24, 2.45) is 4.99 Å². The SMILES string of the molecule is C=C/C(=C\N=CC)c1ccc2c(c1)C(C)(C)c1cc(-c3ccc4nc5c6ccccc6oc5n4c3)ccc1-2. The second-order valence-electron chi connectivity index (χ2n) is 10.4. The van der Waals surface area contributed by atoms with E-state index in [2.05, 4.69) is 90.6 Å². The molecule has 0 fully saturated rings. The van der Waals surface area contributed by atoms with Crippen molar-refractivity contribution in [3.05, 3.63) is 115 Å². The molecule has 0 bridgehead atoms. The number of furan rings is 1. The molecule has 1 aliphatic rings. The Bertz CT molecular complexity index is 1980. The molecule has 3 aromatic carbocycles. The summed E-state index contributed by atoms with van der Waals surface area (Å²) in [6.07, 6.45) is 7.66. The van der Waals surface area contributed by atoms with Gasteiger partial charge in [0.25, 0.3) is 0 Å². The molecule has 0 amide bonds. The monoisotopic (exact) mass is 493 g/mol. The number of hydrogen-bond donors (Lipinski definition) is 0. The average Bonchev–Trinajstić information content (AvgIpc) is 3.55. The van der Waals surface area contributed by atoms with E-state index in [4.69, 9.17) is 9.40 Å². The van der Waals surface area contributed by atoms with E-state index < -0.39 is 0 Å². The summed E-state index contributed by atoms with van der Waals surface area (Å²) in [6.45, 7) is 10.5. The van der Waals surface area contributed by atoms with E-state index in [0.717, 1.165) is 44.5 Å². The lowest BCUT2D eigenvalue weighted by Crippen LogP contribution is -2.15. The number of pyridine rings is 1. The van der Waals surface area contributed by atoms with E-state index in [1.165, 1.54) is 27.8 Å². The van der Waals surface area contributed by atoms with Gasteiger partial charge in [0.1, 0.15) is 16.7 Å². The first-order valence-electron chi connectivity index (χ1n) is 12.9. The smallest absolute Gasteiger partial charge is 0.232 e. The highest BCUT2D eigenvalue weighted by Gasteiger charge is 2.36. The normalized spacial score (nSPS) is 14.6. The predicted molar refractivity (Wildman–Crippen MR) is 158 cm³/mol. The number of nitrogens with zero attached hydrogens (tertiary/aromatic N) is 3. The lowest BCUT2D eigenvalue weighted by molar-refractivity contribution is 0.649. The summed E-state index contributed by atoms with van der Waals surface area (Å²) in [5, 5.41) is 1.04. The van der Waals surface area contributed by atoms with Crippen molar-refractivity contribution in [3.8, 4) is 22.3 Å². The Balaban J connectivity index is 1.34. The summed E-state index contributed by atoms with van der Waals surface area (Å²) in [5.41, 5.74) is 13.0. The average molecular weight is 494 g/mol. The summed E-state index contributed by atoms with van der Waals surface area (Å²) in [6, 6.07) is 25.8. The third-order valence-electron chi connectivity index (χ3n) is 7.85. The molecule has 3 heterocycles. The number of aromatic nitrogens is 2. The highest BCUT2D eigenvalue weighted by atomic mass is 16.3. The van der Waals surface area contributed by atoms with Crippen molar-refractivity contribution < 1.29 is 4.42 Å². The third-order valence-corrected chi connectivity index (χ3v) is 7.85. The second-order valence-corrected chi connectivity index (χ2v) is 10.4. The van der Waals surface area contributed by atoms with Crippen molar-refractivity contribution in [1.29, 1.82) is 0 Å². The van der Waals surface area contributed by atoms with E-state index in [-0.39, 0.29) is 5.41 Å². The molecule has 6 aromatic rings. The van der Waals surface area contributed by atoms with Crippen LogP contribution in [0.2, 0.25) is 0 Å². The molecule has 4 nitrogen and oxygen atoms in total. The van der Waals surface area contributed by atoms with Crippen LogP contribution in [-0.2, 0) is 5.41 Å². The van der Waals surface area contributed by atoms with Crippen molar-refractivity contribution >= 4 is 39.6 Å². The molecule has 0 saturated heterocycles. The van der Waals surface area contributed by atoms with Crippen LogP contribution in [-0.4, -0.2) is 15.6 Å². The zero-order chi connectivity index (χ0) is 26.0. The number of aliphatic imine (C=N–C) groups is 1. The molecular formula is C34H27N3O. The fraction of sp³-hybridized carbons (Fsp3) is 0.118. The molecule has 184 valence electrons. The largest absolute Gasteiger partial charge is 0.437 e. The maximum absolute atomic E-state index is 6.19. The van der Waals surface area contributed by atoms with Crippen LogP contribution in [0.3, 0.4) is 0 Å². The topological polar surface area (TPSA) is 42.8 Å². The van der Waals surface area contributed by atoms with Gasteiger partial charge in [0.15, 0.2) is 0 Å². The Morgan fingerprint density at radius 2 is 1.71 bits per heavy atom. The van der Waals surface area contributed by atoms with E-state index in [9.17, 15) is 0 Å². The summed E-state index contributed by atoms with van der Waals surface area (Å²) in [5.74, 6) is 0. The Morgan fingerprint density at radius 3 is 2.53 bits per heavy atom. The van der Waals surface area contributed by atoms with Gasteiger partial charge >= 0.3 is 0 Å². The molecule has 7 rings (SSSR count). The fourth-order valence-electron chi connectivity index (χ4n) is 5.82. The minimum atomic E-state index is -0.137. The van der Waals surface area contributed by atoms with Gasteiger partial charge in [-0.2, -0.15) is 0 Å². The molecule has 1 aliphatic carbocycles. The first kappa shape index (κ1) is 22.5. The van der Waals surface area contributed by atoms with E-state index in [0.29, 0.717) is 0 Å². The number of imidazole rings is 1. The highest BCUT2D eigenvalue weighted by molar-refractivity contribution is 6.03. The number of allylic oxidation sites excluding steroid dienone is 2. The first-order chi connectivity index (χ1) is 18.5. The molecule has 3 aromatic heterocycles. The lowest BCUT2D eigenvalue weighted by Gasteiger charge is -2.22. The van der Waals surface area contributed by atoms with Crippen molar-refractivity contribution in [2.75, 3.05) is 0 Å². The van der Waals surface area contributed by atoms with E-state index in [1.54, 1.807) is 6.21 Å². The number of benzene rings is 3. The number of hydrogen-bond acceptors (Lipinski definition) is 3. The third kappa shape index (κ3) is 3.16. The molecule has 0 saturated carbocycles. The van der Waals surface area contributed by atoms with Crippen LogP contribution in [0.1, 0.15) is 37.5 Å². The summed E-state index contributed by atoms with van der Waals surface area (Å²) in [7, 11) is 0. The zero-order valence-corrected chi connectivity index (χ0v) is 21.7. The van der Waals surface area contributed by atoms with Crippen molar-refractivity contribution in [2.45, 2.75) is 26.2 Å². The van der Waals surface area contributed by atoms with Gasteiger partial charge in [-0.1, -0.05) is 62.9 Å². The van der Waals surface area contributed by atoms with Crippen LogP contribution in [0.5, 0.6) is 0 Å². The Kier molecular flexibility index (Phi) is 4.83. The van der Waals surface area contributed by atoms with Gasteiger partial charge in [0.2, 0.25) is 5.71 Å². The van der Waals surface area contributed by atoms with Gasteiger partial charge < -0.3 is 4.42 Å². The van der Waals surface area contributed by atoms with Gasteiger partial charge in [-0.05, 0) is 87.8 Å². The van der Waals surface area contributed by atoms with Gasteiger partial charge in [-0.25, -0.2) is 4.98 Å². The van der Waals surface area contributed by atoms with Crippen LogP contribution in [0, 0.1) is 0 Å². The molecule has 0 N–H and O–H groups in total. The van der Waals surface area contributed by atoms with Gasteiger partial charge in [0.05, 0.1) is 0 Å². The van der Waals surface area contributed by atoms with Gasteiger partial charge in [-0.3, -0.25) is 9.39 Å². The van der Waals surface area contributed by atoms with Crippen LogP contribution >= 0.6 is 0 Å². The van der Waals surface area contributed by atoms with Crippen LogP contribution in [0.15, 0.2) is 107 Å². The molecule has 38 heavy (non-hydrogen) atoms. The lowest BCUT2D eigenvalue weighted by atomic mass is 9.81. The first-order valence-corrected chi connectivity index (χ1v) is 12.9. The molecule has 0 radical (unpaired) electrons. The van der Waals surface area contributed by atoms with Crippen LogP contribution in [0.4, 0.5) is 0 Å². The molecular weight excluding hydrogens is 466 g/mol. The standard InChI is InChI=1S/C34H27N3O/c1-5-21(19-35-6-2)22-11-14-25-26-15-12-23(18-29(26)34(3,4)28(25)17-22)24-13-16-31-36-32-27-9-7-8-10-30(27)38-33(32)37(31)20-24/h5-20H,1H2,2-4H3/b21-19+,35-6?. The predicted octanol–water partition coefficient (Wildman–Crippen LogP) is 8.82. The van der Waals surface area contributed by atoms with Gasteiger partial charge in [0, 0.05) is 29.4 Å². The quantitative estimate of drug-likeness (QED) is 0.182. The number of rotatable bonds is 4. The van der Waals surface area contributed by atoms with Crippen molar-refractivity contribution in [1.82, 2.24) is 9.38 Å². The molecule has 0 unspecified atom stereocenters. The fourth-order valence-corrected chi connectivity index (χ4v) is 5.82. The Hall–Kier alpha value is -4.70. The number of fused-ring (bicyclic) bond motifs is 8. The Labute approximate surface area is 221 Å². The minimum absolute atomic E-state index is 0.137. The second kappa shape index (κ2) is 8.15. The highest BCUT2D eigenvalue weighted by Crippen LogP contribution is 2.50. The summed E-state index contributed by atoms with van der Waals surface area (Å²) < 4.78 is 8.25. The van der Waals surface area contributed by atoms with Crippen LogP contribution in [0.25, 0.3) is 55.7 Å². The zero-order valence-electron chi connectivity index (χ0n) is 21.7. The minimum Gasteiger partial charge on any atom is -0.437 e. The molecule has 4 heteroatoms. The van der Waals surface area contributed by atoms with Gasteiger partial charge in [-0.15, -0.1) is 0 Å². The molecule has 0 atom stereocenters. The molecule has 0 spiro atoms. The maximum atomic E-state index is 6.19. The maximum Gasteiger partial charge on any atom is 0.232 e. The van der Waals surface area contributed by atoms with E-state index >= 15 is 0 Å². The van der Waals surface area contributed by atoms with E-state index in [1.807, 2.05) is 37.4 Å². The Morgan fingerprint density at radius 1 is 0.947 bits per heavy atom. The molecule has 0 aliphatic heterocycles.